The number of rotatable bonds is 1. The van der Waals surface area contributed by atoms with Gasteiger partial charge >= 0.3 is 0 Å². The smallest absolute Gasteiger partial charge is 0.132 e. The van der Waals surface area contributed by atoms with Crippen LogP contribution in [0, 0.1) is 0 Å². The molecular weight excluding hydrogens is 114 g/mol. The highest BCUT2D eigenvalue weighted by atomic mass is 15.2. The van der Waals surface area contributed by atoms with E-state index in [1.807, 2.05) is 17.6 Å². The minimum atomic E-state index is 0.470. The second-order valence-corrected chi connectivity index (χ2v) is 2.28. The Kier molecular flexibility index (Phi) is 1.82. The van der Waals surface area contributed by atoms with Gasteiger partial charge in [0.1, 0.15) is 6.67 Å². The molecule has 0 aromatic heterocycles. The van der Waals surface area contributed by atoms with E-state index in [2.05, 4.69) is 23.8 Å². The van der Waals surface area contributed by atoms with E-state index in [0.29, 0.717) is 12.7 Å². The Bertz CT molecular complexity index is 125. The summed E-state index contributed by atoms with van der Waals surface area (Å²) in [6.45, 7) is 4.79. The molecule has 0 N–H and O–H groups in total. The van der Waals surface area contributed by atoms with Crippen molar-refractivity contribution in [3.63, 3.8) is 0 Å². The Balaban J connectivity index is 2.49. The molecule has 0 bridgehead atoms. The molecule has 0 fully saturated rings. The fourth-order valence-corrected chi connectivity index (χ4v) is 0.605. The molecule has 0 aromatic rings. The monoisotopic (exact) mass is 125 g/mol. The highest BCUT2D eigenvalue weighted by molar-refractivity contribution is 5.77. The molecule has 0 aromatic carbocycles. The lowest BCUT2D eigenvalue weighted by atomic mass is 10.4. The van der Waals surface area contributed by atoms with E-state index in [1.165, 1.54) is 0 Å². The van der Waals surface area contributed by atoms with Gasteiger partial charge in [-0.05, 0) is 13.8 Å². The normalized spacial score (nSPS) is 17.4. The number of hydrogen-bond donors (Lipinski definition) is 0. The van der Waals surface area contributed by atoms with E-state index in [1.54, 1.807) is 0 Å². The zero-order valence-corrected chi connectivity index (χ0v) is 5.78. The van der Waals surface area contributed by atoms with Gasteiger partial charge in [0.15, 0.2) is 0 Å². The third-order valence-corrected chi connectivity index (χ3v) is 1.19. The molecule has 0 aliphatic carbocycles. The first-order valence-corrected chi connectivity index (χ1v) is 3.08. The summed E-state index contributed by atoms with van der Waals surface area (Å²) in [4.78, 5) is 9.94. The number of hydrogen-bond acceptors (Lipinski definition) is 3. The second kappa shape index (κ2) is 2.62. The highest BCUT2D eigenvalue weighted by Gasteiger charge is 2.01. The summed E-state index contributed by atoms with van der Waals surface area (Å²) in [6, 6.07) is 0.470. The molecule has 1 heterocycles. The van der Waals surface area contributed by atoms with Crippen LogP contribution in [0.25, 0.3) is 0 Å². The van der Waals surface area contributed by atoms with Crippen molar-refractivity contribution in [1.29, 1.82) is 0 Å². The van der Waals surface area contributed by atoms with Crippen molar-refractivity contribution in [1.82, 2.24) is 4.90 Å². The minimum Gasteiger partial charge on any atom is -0.321 e. The lowest BCUT2D eigenvalue weighted by Crippen LogP contribution is -2.29. The molecule has 0 saturated heterocycles. The summed E-state index contributed by atoms with van der Waals surface area (Å²) >= 11 is 0. The van der Waals surface area contributed by atoms with Crippen molar-refractivity contribution in [3.8, 4) is 0 Å². The summed E-state index contributed by atoms with van der Waals surface area (Å²) in [5, 5.41) is 0. The molecule has 0 spiro atoms. The van der Waals surface area contributed by atoms with E-state index in [0.717, 1.165) is 0 Å². The van der Waals surface area contributed by atoms with Gasteiger partial charge in [-0.3, -0.25) is 9.98 Å². The van der Waals surface area contributed by atoms with Crippen LogP contribution in [0.5, 0.6) is 0 Å². The van der Waals surface area contributed by atoms with Gasteiger partial charge in [0, 0.05) is 6.04 Å². The van der Waals surface area contributed by atoms with Crippen molar-refractivity contribution in [3.05, 3.63) is 0 Å². The van der Waals surface area contributed by atoms with Gasteiger partial charge in [0.25, 0.3) is 0 Å². The van der Waals surface area contributed by atoms with Crippen molar-refractivity contribution >= 4 is 12.7 Å². The summed E-state index contributed by atoms with van der Waals surface area (Å²) in [7, 11) is 0. The first kappa shape index (κ1) is 6.26. The van der Waals surface area contributed by atoms with Crippen LogP contribution in [0.1, 0.15) is 13.8 Å². The van der Waals surface area contributed by atoms with Crippen LogP contribution in [0.3, 0.4) is 0 Å². The topological polar surface area (TPSA) is 28.0 Å². The molecule has 50 valence electrons. The molecule has 9 heavy (non-hydrogen) atoms. The molecule has 0 radical (unpaired) electrons. The average Bonchev–Trinajstić information content (AvgIpc) is 1.90. The van der Waals surface area contributed by atoms with Gasteiger partial charge in [-0.2, -0.15) is 0 Å². The van der Waals surface area contributed by atoms with E-state index >= 15 is 0 Å². The van der Waals surface area contributed by atoms with E-state index in [4.69, 9.17) is 0 Å². The van der Waals surface area contributed by atoms with Crippen LogP contribution in [0.15, 0.2) is 9.98 Å². The van der Waals surface area contributed by atoms with Crippen LogP contribution >= 0.6 is 0 Å². The maximum atomic E-state index is 3.98. The molecule has 3 heteroatoms. The Labute approximate surface area is 55.1 Å². The first-order valence-electron chi connectivity index (χ1n) is 3.08. The molecule has 1 rings (SSSR count). The molecule has 1 aliphatic heterocycles. The Morgan fingerprint density at radius 3 is 2.22 bits per heavy atom. The van der Waals surface area contributed by atoms with Gasteiger partial charge < -0.3 is 4.90 Å². The number of nitrogens with zero attached hydrogens (tertiary/aromatic N) is 3. The molecule has 0 saturated carbocycles. The van der Waals surface area contributed by atoms with Crippen molar-refractivity contribution in [2.45, 2.75) is 19.9 Å². The van der Waals surface area contributed by atoms with Gasteiger partial charge in [-0.25, -0.2) is 0 Å². The van der Waals surface area contributed by atoms with Crippen LogP contribution < -0.4 is 0 Å². The van der Waals surface area contributed by atoms with Crippen LogP contribution in [-0.2, 0) is 0 Å². The predicted octanol–water partition coefficient (Wildman–Crippen LogP) is 0.724. The molecular formula is C6H11N3. The maximum absolute atomic E-state index is 3.98. The fraction of sp³-hybridized carbons (Fsp3) is 0.667. The van der Waals surface area contributed by atoms with E-state index in [9.17, 15) is 0 Å². The van der Waals surface area contributed by atoms with E-state index < -0.39 is 0 Å². The zero-order chi connectivity index (χ0) is 6.69. The van der Waals surface area contributed by atoms with Gasteiger partial charge in [0.05, 0.1) is 12.7 Å². The van der Waals surface area contributed by atoms with Gasteiger partial charge in [-0.1, -0.05) is 0 Å². The average molecular weight is 125 g/mol. The largest absolute Gasteiger partial charge is 0.321 e. The SMILES string of the molecule is CC(C)N1C=NCN=C1. The molecule has 0 amide bonds. The Hall–Kier alpha value is -0.860. The van der Waals surface area contributed by atoms with Crippen LogP contribution in [-0.4, -0.2) is 30.3 Å². The Morgan fingerprint density at radius 2 is 1.89 bits per heavy atom. The minimum absolute atomic E-state index is 0.470. The van der Waals surface area contributed by atoms with Crippen molar-refractivity contribution < 1.29 is 0 Å². The summed E-state index contributed by atoms with van der Waals surface area (Å²) in [5.41, 5.74) is 0. The molecule has 1 aliphatic rings. The van der Waals surface area contributed by atoms with Crippen LogP contribution in [0.4, 0.5) is 0 Å². The first-order chi connectivity index (χ1) is 4.30. The highest BCUT2D eigenvalue weighted by Crippen LogP contribution is 1.93. The van der Waals surface area contributed by atoms with Crippen LogP contribution in [0.2, 0.25) is 0 Å². The third-order valence-electron chi connectivity index (χ3n) is 1.19. The summed E-state index contributed by atoms with van der Waals surface area (Å²) < 4.78 is 0. The number of aliphatic imine (C=N–C) groups is 2. The Morgan fingerprint density at radius 1 is 1.33 bits per heavy atom. The molecule has 0 unspecified atom stereocenters. The van der Waals surface area contributed by atoms with Gasteiger partial charge in [-0.15, -0.1) is 0 Å². The molecule has 0 atom stereocenters. The van der Waals surface area contributed by atoms with E-state index in [-0.39, 0.29) is 0 Å². The van der Waals surface area contributed by atoms with Crippen molar-refractivity contribution in [2.24, 2.45) is 9.98 Å². The van der Waals surface area contributed by atoms with Gasteiger partial charge in [0.2, 0.25) is 0 Å². The second-order valence-electron chi connectivity index (χ2n) is 2.28. The standard InChI is InChI=1S/C6H11N3/c1-6(2)9-4-7-3-8-5-9/h4-6H,3H2,1-2H3. The summed E-state index contributed by atoms with van der Waals surface area (Å²) in [5.74, 6) is 0. The lowest BCUT2D eigenvalue weighted by Gasteiger charge is -2.19. The quantitative estimate of drug-likeness (QED) is 0.507. The third kappa shape index (κ3) is 1.52. The summed E-state index contributed by atoms with van der Waals surface area (Å²) in [6.07, 6.45) is 3.63. The maximum Gasteiger partial charge on any atom is 0.132 e. The molecule has 3 nitrogen and oxygen atoms in total. The lowest BCUT2D eigenvalue weighted by molar-refractivity contribution is 0.515. The zero-order valence-electron chi connectivity index (χ0n) is 5.78. The predicted molar refractivity (Wildman–Crippen MR) is 38.8 cm³/mol. The van der Waals surface area contributed by atoms with Crippen molar-refractivity contribution in [2.75, 3.05) is 6.67 Å². The fourth-order valence-electron chi connectivity index (χ4n) is 0.605.